The largest absolute Gasteiger partial charge is 0.383 e. The number of benzene rings is 1. The summed E-state index contributed by atoms with van der Waals surface area (Å²) in [4.78, 5) is 17.7. The van der Waals surface area contributed by atoms with Gasteiger partial charge in [0.15, 0.2) is 0 Å². The summed E-state index contributed by atoms with van der Waals surface area (Å²) in [6.45, 7) is 2.75. The van der Waals surface area contributed by atoms with E-state index in [1.807, 2.05) is 12.1 Å². The van der Waals surface area contributed by atoms with E-state index in [0.717, 1.165) is 12.1 Å². The molecular formula is C18H33N2O3P. The van der Waals surface area contributed by atoms with Gasteiger partial charge in [0.25, 0.3) is 0 Å². The zero-order valence-corrected chi connectivity index (χ0v) is 15.7. The molecule has 0 saturated carbocycles. The van der Waals surface area contributed by atoms with E-state index in [9.17, 15) is 4.57 Å². The van der Waals surface area contributed by atoms with Gasteiger partial charge in [-0.3, -0.25) is 4.57 Å². The Balaban J connectivity index is 2.28. The molecule has 0 fully saturated rings. The van der Waals surface area contributed by atoms with Gasteiger partial charge in [-0.25, -0.2) is 0 Å². The van der Waals surface area contributed by atoms with Gasteiger partial charge in [-0.1, -0.05) is 51.2 Å². The van der Waals surface area contributed by atoms with Crippen LogP contribution in [0.25, 0.3) is 0 Å². The molecule has 0 saturated heterocycles. The summed E-state index contributed by atoms with van der Waals surface area (Å²) in [6, 6.07) is 8.06. The molecule has 5 N–H and O–H groups in total. The highest BCUT2D eigenvalue weighted by molar-refractivity contribution is 7.51. The van der Waals surface area contributed by atoms with E-state index in [0.29, 0.717) is 13.0 Å². The molecule has 6 heteroatoms. The second kappa shape index (κ2) is 11.6. The zero-order valence-electron chi connectivity index (χ0n) is 14.8. The fraction of sp³-hybridized carbons (Fsp3) is 0.667. The van der Waals surface area contributed by atoms with Crippen molar-refractivity contribution in [2.24, 2.45) is 5.73 Å². The summed E-state index contributed by atoms with van der Waals surface area (Å²) >= 11 is 0. The minimum Gasteiger partial charge on any atom is -0.383 e. The van der Waals surface area contributed by atoms with Gasteiger partial charge < -0.3 is 20.8 Å². The number of nitrogens with one attached hydrogen (secondary N) is 1. The Kier molecular flexibility index (Phi) is 10.3. The fourth-order valence-corrected chi connectivity index (χ4v) is 3.30. The van der Waals surface area contributed by atoms with Crippen molar-refractivity contribution in [3.05, 3.63) is 29.8 Å². The van der Waals surface area contributed by atoms with Crippen molar-refractivity contribution in [2.75, 3.05) is 18.0 Å². The maximum absolute atomic E-state index is 10.9. The van der Waals surface area contributed by atoms with Crippen LogP contribution in [0.15, 0.2) is 24.3 Å². The quantitative estimate of drug-likeness (QED) is 0.318. The minimum absolute atomic E-state index is 0.159. The number of aryl methyl sites for hydroxylation is 1. The number of nitrogens with two attached hydrogens (primary N) is 1. The van der Waals surface area contributed by atoms with Crippen molar-refractivity contribution in [1.82, 2.24) is 0 Å². The monoisotopic (exact) mass is 356 g/mol. The lowest BCUT2D eigenvalue weighted by Crippen LogP contribution is -2.30. The third-order valence-corrected chi connectivity index (χ3v) is 4.95. The predicted molar refractivity (Wildman–Crippen MR) is 102 cm³/mol. The Morgan fingerprint density at radius 1 is 1.17 bits per heavy atom. The van der Waals surface area contributed by atoms with Crippen LogP contribution in [0.1, 0.15) is 57.4 Å². The van der Waals surface area contributed by atoms with Crippen LogP contribution in [0, 0.1) is 0 Å². The molecule has 1 atom stereocenters. The standard InChI is InChI=1S/C18H33N2O3P/c1-2-3-4-5-6-7-9-16-10-8-11-18(14-16)20-15-17(19)12-13-24(21,22)23/h8,10-11,14,17,20H,2-7,9,12-13,15,19H2,1H3,(H2,21,22,23)/t17-/m1/s1. The molecule has 0 spiro atoms. The third kappa shape index (κ3) is 10.8. The molecular weight excluding hydrogens is 323 g/mol. The first-order valence-corrected chi connectivity index (χ1v) is 10.8. The molecule has 0 unspecified atom stereocenters. The van der Waals surface area contributed by atoms with Gasteiger partial charge in [0.05, 0.1) is 6.16 Å². The van der Waals surface area contributed by atoms with Crippen molar-refractivity contribution in [3.63, 3.8) is 0 Å². The Morgan fingerprint density at radius 3 is 2.58 bits per heavy atom. The van der Waals surface area contributed by atoms with Crippen molar-refractivity contribution in [3.8, 4) is 0 Å². The maximum atomic E-state index is 10.9. The van der Waals surface area contributed by atoms with Gasteiger partial charge in [-0.2, -0.15) is 0 Å². The highest BCUT2D eigenvalue weighted by Crippen LogP contribution is 2.35. The molecule has 0 amide bonds. The van der Waals surface area contributed by atoms with Crippen LogP contribution in [0.2, 0.25) is 0 Å². The van der Waals surface area contributed by atoms with Crippen LogP contribution in [0.3, 0.4) is 0 Å². The molecule has 138 valence electrons. The van der Waals surface area contributed by atoms with Crippen molar-refractivity contribution < 1.29 is 14.4 Å². The maximum Gasteiger partial charge on any atom is 0.325 e. The molecule has 1 aromatic rings. The molecule has 0 bridgehead atoms. The molecule has 1 rings (SSSR count). The van der Waals surface area contributed by atoms with E-state index in [-0.39, 0.29) is 12.2 Å². The van der Waals surface area contributed by atoms with E-state index >= 15 is 0 Å². The number of unbranched alkanes of at least 4 members (excludes halogenated alkanes) is 5. The first-order chi connectivity index (χ1) is 11.4. The minimum atomic E-state index is -3.95. The molecule has 0 aliphatic rings. The Hall–Kier alpha value is -0.870. The topological polar surface area (TPSA) is 95.6 Å². The van der Waals surface area contributed by atoms with E-state index in [4.69, 9.17) is 15.5 Å². The Labute approximate surface area is 146 Å². The molecule has 0 aliphatic carbocycles. The summed E-state index contributed by atoms with van der Waals surface area (Å²) in [5.41, 5.74) is 8.24. The van der Waals surface area contributed by atoms with Crippen LogP contribution < -0.4 is 11.1 Å². The average Bonchev–Trinajstić information content (AvgIpc) is 2.54. The van der Waals surface area contributed by atoms with E-state index in [2.05, 4.69) is 24.4 Å². The first kappa shape index (κ1) is 21.2. The summed E-state index contributed by atoms with van der Waals surface area (Å²) in [5, 5.41) is 3.26. The molecule has 0 aliphatic heterocycles. The lowest BCUT2D eigenvalue weighted by atomic mass is 10.0. The normalized spacial score (nSPS) is 13.0. The first-order valence-electron chi connectivity index (χ1n) is 9.03. The van der Waals surface area contributed by atoms with Crippen molar-refractivity contribution in [2.45, 2.75) is 64.3 Å². The predicted octanol–water partition coefficient (Wildman–Crippen LogP) is 3.90. The van der Waals surface area contributed by atoms with Crippen LogP contribution in [-0.2, 0) is 11.0 Å². The van der Waals surface area contributed by atoms with Crippen molar-refractivity contribution >= 4 is 13.3 Å². The highest BCUT2D eigenvalue weighted by atomic mass is 31.2. The summed E-state index contributed by atoms with van der Waals surface area (Å²) < 4.78 is 10.9. The third-order valence-electron chi connectivity index (χ3n) is 4.11. The fourth-order valence-electron chi connectivity index (χ4n) is 2.63. The van der Waals surface area contributed by atoms with Gasteiger partial charge in [-0.05, 0) is 37.0 Å². The number of hydrogen-bond donors (Lipinski definition) is 4. The van der Waals surface area contributed by atoms with Crippen LogP contribution in [0.5, 0.6) is 0 Å². The van der Waals surface area contributed by atoms with E-state index in [1.54, 1.807) is 0 Å². The molecule has 0 heterocycles. The molecule has 1 aromatic carbocycles. The molecule has 0 radical (unpaired) electrons. The van der Waals surface area contributed by atoms with E-state index in [1.165, 1.54) is 44.1 Å². The SMILES string of the molecule is CCCCCCCCc1cccc(NC[C@H](N)CCP(=O)(O)O)c1. The van der Waals surface area contributed by atoms with Crippen LogP contribution in [0.4, 0.5) is 5.69 Å². The van der Waals surface area contributed by atoms with Gasteiger partial charge in [0, 0.05) is 18.3 Å². The van der Waals surface area contributed by atoms with Gasteiger partial charge >= 0.3 is 7.60 Å². The van der Waals surface area contributed by atoms with Crippen LogP contribution in [-0.4, -0.2) is 28.5 Å². The van der Waals surface area contributed by atoms with Gasteiger partial charge in [-0.15, -0.1) is 0 Å². The number of anilines is 1. The number of hydrogen-bond acceptors (Lipinski definition) is 3. The van der Waals surface area contributed by atoms with Gasteiger partial charge in [0.2, 0.25) is 0 Å². The smallest absolute Gasteiger partial charge is 0.325 e. The Morgan fingerprint density at radius 2 is 1.88 bits per heavy atom. The molecule has 5 nitrogen and oxygen atoms in total. The lowest BCUT2D eigenvalue weighted by Gasteiger charge is -2.14. The van der Waals surface area contributed by atoms with Crippen molar-refractivity contribution in [1.29, 1.82) is 0 Å². The summed E-state index contributed by atoms with van der Waals surface area (Å²) in [7, 11) is -3.95. The molecule has 24 heavy (non-hydrogen) atoms. The average molecular weight is 356 g/mol. The zero-order chi connectivity index (χ0) is 17.8. The van der Waals surface area contributed by atoms with Crippen LogP contribution >= 0.6 is 7.60 Å². The summed E-state index contributed by atoms with van der Waals surface area (Å²) in [6.07, 6.45) is 9.02. The highest BCUT2D eigenvalue weighted by Gasteiger charge is 2.15. The Bertz CT molecular complexity index is 505. The molecule has 0 aromatic heterocycles. The lowest BCUT2D eigenvalue weighted by molar-refractivity contribution is 0.370. The summed E-state index contributed by atoms with van der Waals surface area (Å²) in [5.74, 6) is 0. The number of rotatable bonds is 13. The second-order valence-corrected chi connectivity index (χ2v) is 8.31. The second-order valence-electron chi connectivity index (χ2n) is 6.54. The van der Waals surface area contributed by atoms with E-state index < -0.39 is 7.60 Å². The van der Waals surface area contributed by atoms with Gasteiger partial charge in [0.1, 0.15) is 0 Å².